The Labute approximate surface area is 148 Å². The van der Waals surface area contributed by atoms with Gasteiger partial charge < -0.3 is 4.42 Å². The van der Waals surface area contributed by atoms with Crippen molar-refractivity contribution in [2.45, 2.75) is 38.5 Å². The van der Waals surface area contributed by atoms with Gasteiger partial charge in [0.05, 0.1) is 6.26 Å². The molecule has 1 aromatic heterocycles. The van der Waals surface area contributed by atoms with Crippen LogP contribution < -0.4 is 5.43 Å². The molecular weight excluding hydrogens is 312 g/mol. The maximum absolute atomic E-state index is 12.1. The smallest absolute Gasteiger partial charge is 0.243 e. The van der Waals surface area contributed by atoms with Gasteiger partial charge in [0.1, 0.15) is 5.76 Å². The Bertz CT molecular complexity index is 765. The molecule has 2 aromatic rings. The average molecular weight is 336 g/mol. The van der Waals surface area contributed by atoms with Crippen LogP contribution in [0.3, 0.4) is 0 Å². The van der Waals surface area contributed by atoms with Crippen LogP contribution in [0.4, 0.5) is 0 Å². The molecule has 0 bridgehead atoms. The van der Waals surface area contributed by atoms with Crippen LogP contribution in [-0.4, -0.2) is 12.1 Å². The first-order valence-electron chi connectivity index (χ1n) is 8.58. The Morgan fingerprint density at radius 2 is 2.00 bits per heavy atom. The summed E-state index contributed by atoms with van der Waals surface area (Å²) in [5.41, 5.74) is 5.30. The van der Waals surface area contributed by atoms with Crippen molar-refractivity contribution in [1.29, 1.82) is 0 Å². The van der Waals surface area contributed by atoms with Crippen molar-refractivity contribution in [3.63, 3.8) is 0 Å². The minimum absolute atomic E-state index is 0.0201. The van der Waals surface area contributed by atoms with E-state index in [4.69, 9.17) is 4.42 Å². The summed E-state index contributed by atoms with van der Waals surface area (Å²) < 4.78 is 5.17. The van der Waals surface area contributed by atoms with Gasteiger partial charge in [0.2, 0.25) is 5.91 Å². The third-order valence-electron chi connectivity index (χ3n) is 4.47. The molecule has 130 valence electrons. The summed E-state index contributed by atoms with van der Waals surface area (Å²) in [5.74, 6) is 1.06. The van der Waals surface area contributed by atoms with Crippen molar-refractivity contribution in [3.8, 4) is 0 Å². The zero-order valence-electron chi connectivity index (χ0n) is 14.9. The van der Waals surface area contributed by atoms with E-state index in [0.717, 1.165) is 12.2 Å². The van der Waals surface area contributed by atoms with Crippen LogP contribution in [0.5, 0.6) is 0 Å². The summed E-state index contributed by atoms with van der Waals surface area (Å²) in [5, 5.41) is 3.95. The van der Waals surface area contributed by atoms with Gasteiger partial charge in [-0.05, 0) is 53.2 Å². The van der Waals surface area contributed by atoms with E-state index in [1.807, 2.05) is 12.1 Å². The van der Waals surface area contributed by atoms with Gasteiger partial charge in [-0.15, -0.1) is 0 Å². The van der Waals surface area contributed by atoms with Crippen LogP contribution in [-0.2, 0) is 10.2 Å². The van der Waals surface area contributed by atoms with Gasteiger partial charge in [0.25, 0.3) is 0 Å². The molecule has 1 heterocycles. The molecule has 1 aromatic carbocycles. The molecule has 0 saturated heterocycles. The second kappa shape index (κ2) is 7.09. The second-order valence-electron chi connectivity index (χ2n) is 7.45. The van der Waals surface area contributed by atoms with Gasteiger partial charge >= 0.3 is 0 Å². The number of allylic oxidation sites excluding steroid dienone is 1. The van der Waals surface area contributed by atoms with Gasteiger partial charge in [0, 0.05) is 12.1 Å². The van der Waals surface area contributed by atoms with Gasteiger partial charge in [-0.3, -0.25) is 4.79 Å². The molecule has 1 N–H and O–H groups in total. The van der Waals surface area contributed by atoms with Crippen LogP contribution in [0.25, 0.3) is 6.08 Å². The number of hydrazone groups is 1. The number of benzene rings is 1. The van der Waals surface area contributed by atoms with Crippen molar-refractivity contribution >= 4 is 18.2 Å². The van der Waals surface area contributed by atoms with E-state index in [2.05, 4.69) is 55.6 Å². The highest BCUT2D eigenvalue weighted by atomic mass is 16.3. The first kappa shape index (κ1) is 17.2. The molecular formula is C21H24N2O2. The fourth-order valence-electron chi connectivity index (χ4n) is 2.83. The lowest BCUT2D eigenvalue weighted by molar-refractivity contribution is -0.122. The molecule has 4 nitrogen and oxygen atoms in total. The summed E-state index contributed by atoms with van der Waals surface area (Å²) in [6, 6.07) is 12.3. The maximum Gasteiger partial charge on any atom is 0.243 e. The zero-order chi connectivity index (χ0) is 17.9. The highest BCUT2D eigenvalue weighted by molar-refractivity contribution is 5.84. The molecule has 0 unspecified atom stereocenters. The van der Waals surface area contributed by atoms with Crippen molar-refractivity contribution < 1.29 is 9.21 Å². The number of hydrogen-bond donors (Lipinski definition) is 1. The maximum atomic E-state index is 12.1. The van der Waals surface area contributed by atoms with Gasteiger partial charge in [0.15, 0.2) is 0 Å². The summed E-state index contributed by atoms with van der Waals surface area (Å²) in [6.45, 7) is 6.61. The van der Waals surface area contributed by atoms with E-state index >= 15 is 0 Å². The standard InChI is InChI=1S/C21H24N2O2/c1-21(2,3)16-10-8-15(9-11-16)18-14-19(18)20(24)23-22-12-4-6-17-7-5-13-25-17/h4-13,18-19H,14H2,1-3H3,(H,23,24)/b6-4+,22-12+/t18-,19-/m0/s1. The Hall–Kier alpha value is -2.62. The van der Waals surface area contributed by atoms with E-state index in [-0.39, 0.29) is 17.2 Å². The number of nitrogens with zero attached hydrogens (tertiary/aromatic N) is 1. The normalized spacial score (nSPS) is 20.3. The minimum Gasteiger partial charge on any atom is -0.465 e. The van der Waals surface area contributed by atoms with Gasteiger partial charge in [-0.1, -0.05) is 45.0 Å². The predicted molar refractivity (Wildman–Crippen MR) is 100 cm³/mol. The monoisotopic (exact) mass is 336 g/mol. The summed E-state index contributed by atoms with van der Waals surface area (Å²) in [7, 11) is 0. The third-order valence-corrected chi connectivity index (χ3v) is 4.47. The van der Waals surface area contributed by atoms with E-state index in [9.17, 15) is 4.79 Å². The molecule has 0 spiro atoms. The van der Waals surface area contributed by atoms with Crippen molar-refractivity contribution in [3.05, 3.63) is 65.6 Å². The molecule has 4 heteroatoms. The molecule has 1 amide bonds. The molecule has 1 aliphatic rings. The molecule has 1 aliphatic carbocycles. The average Bonchev–Trinajstić information content (AvgIpc) is 3.22. The second-order valence-corrected chi connectivity index (χ2v) is 7.45. The van der Waals surface area contributed by atoms with Crippen molar-refractivity contribution in [1.82, 2.24) is 5.43 Å². The first-order valence-corrected chi connectivity index (χ1v) is 8.58. The predicted octanol–water partition coefficient (Wildman–Crippen LogP) is 4.50. The summed E-state index contributed by atoms with van der Waals surface area (Å²) in [4.78, 5) is 12.1. The number of nitrogens with one attached hydrogen (secondary N) is 1. The van der Waals surface area contributed by atoms with Crippen LogP contribution in [0.2, 0.25) is 0 Å². The lowest BCUT2D eigenvalue weighted by Gasteiger charge is -2.19. The Kier molecular flexibility index (Phi) is 4.88. The largest absolute Gasteiger partial charge is 0.465 e. The molecule has 3 rings (SSSR count). The molecule has 25 heavy (non-hydrogen) atoms. The molecule has 1 saturated carbocycles. The highest BCUT2D eigenvalue weighted by Crippen LogP contribution is 2.47. The summed E-state index contributed by atoms with van der Waals surface area (Å²) in [6.07, 6.45) is 7.56. The number of carbonyl (C=O) groups is 1. The number of furan rings is 1. The van der Waals surface area contributed by atoms with Crippen molar-refractivity contribution in [2.75, 3.05) is 0 Å². The number of hydrogen-bond acceptors (Lipinski definition) is 3. The minimum atomic E-state index is -0.0208. The van der Waals surface area contributed by atoms with E-state index in [0.29, 0.717) is 5.92 Å². The summed E-state index contributed by atoms with van der Waals surface area (Å²) >= 11 is 0. The van der Waals surface area contributed by atoms with E-state index in [1.54, 1.807) is 24.6 Å². The van der Waals surface area contributed by atoms with Crippen LogP contribution in [0, 0.1) is 5.92 Å². The van der Waals surface area contributed by atoms with Gasteiger partial charge in [-0.25, -0.2) is 5.43 Å². The Morgan fingerprint density at radius 1 is 1.24 bits per heavy atom. The van der Waals surface area contributed by atoms with Crippen LogP contribution in [0.15, 0.2) is 58.3 Å². The van der Waals surface area contributed by atoms with Crippen LogP contribution in [0.1, 0.15) is 50.0 Å². The SMILES string of the molecule is CC(C)(C)c1ccc([C@@H]2C[C@@H]2C(=O)N/N=C/C=C/c2ccco2)cc1. The topological polar surface area (TPSA) is 54.6 Å². The molecule has 0 aliphatic heterocycles. The fourth-order valence-corrected chi connectivity index (χ4v) is 2.83. The molecule has 2 atom stereocenters. The lowest BCUT2D eigenvalue weighted by Crippen LogP contribution is -2.19. The van der Waals surface area contributed by atoms with E-state index in [1.165, 1.54) is 11.1 Å². The number of carbonyl (C=O) groups excluding carboxylic acids is 1. The van der Waals surface area contributed by atoms with Gasteiger partial charge in [-0.2, -0.15) is 5.10 Å². The Balaban J connectivity index is 1.48. The lowest BCUT2D eigenvalue weighted by atomic mass is 9.86. The van der Waals surface area contributed by atoms with Crippen molar-refractivity contribution in [2.24, 2.45) is 11.0 Å². The third kappa shape index (κ3) is 4.47. The molecule has 0 radical (unpaired) electrons. The number of rotatable bonds is 5. The zero-order valence-corrected chi connectivity index (χ0v) is 14.9. The number of amides is 1. The van der Waals surface area contributed by atoms with E-state index < -0.39 is 0 Å². The first-order chi connectivity index (χ1) is 11.9. The van der Waals surface area contributed by atoms with Crippen LogP contribution >= 0.6 is 0 Å². The Morgan fingerprint density at radius 3 is 2.64 bits per heavy atom. The highest BCUT2D eigenvalue weighted by Gasteiger charge is 2.43. The quantitative estimate of drug-likeness (QED) is 0.646. The molecule has 1 fully saturated rings. The fraction of sp³-hybridized carbons (Fsp3) is 0.333.